The van der Waals surface area contributed by atoms with Gasteiger partial charge in [-0.1, -0.05) is 13.8 Å². The Morgan fingerprint density at radius 3 is 2.37 bits per heavy atom. The van der Waals surface area contributed by atoms with Crippen LogP contribution in [-0.4, -0.2) is 41.4 Å². The van der Waals surface area contributed by atoms with Crippen LogP contribution in [0.5, 0.6) is 0 Å². The van der Waals surface area contributed by atoms with Gasteiger partial charge >= 0.3 is 6.18 Å². The molecule has 2 saturated carbocycles. The van der Waals surface area contributed by atoms with E-state index in [0.717, 1.165) is 25.7 Å². The van der Waals surface area contributed by atoms with Crippen molar-refractivity contribution in [2.45, 2.75) is 64.3 Å². The van der Waals surface area contributed by atoms with E-state index >= 15 is 0 Å². The van der Waals surface area contributed by atoms with Crippen LogP contribution in [0.3, 0.4) is 0 Å². The summed E-state index contributed by atoms with van der Waals surface area (Å²) in [6.07, 6.45) is -0.380. The van der Waals surface area contributed by atoms with Crippen molar-refractivity contribution in [1.29, 1.82) is 0 Å². The molecule has 0 aromatic heterocycles. The summed E-state index contributed by atoms with van der Waals surface area (Å²) >= 11 is 0. The monoisotopic (exact) mass is 279 g/mol. The number of nitrogens with zero attached hydrogens (tertiary/aromatic N) is 1. The topological polar surface area (TPSA) is 23.5 Å². The van der Waals surface area contributed by atoms with Crippen molar-refractivity contribution in [3.8, 4) is 0 Å². The number of hydrogen-bond donors (Lipinski definition) is 1. The first-order chi connectivity index (χ1) is 8.66. The molecule has 0 aromatic rings. The molecule has 112 valence electrons. The molecule has 19 heavy (non-hydrogen) atoms. The summed E-state index contributed by atoms with van der Waals surface area (Å²) in [7, 11) is 0. The summed E-state index contributed by atoms with van der Waals surface area (Å²) in [6, 6.07) is 0.0823. The molecular weight excluding hydrogens is 255 g/mol. The van der Waals surface area contributed by atoms with Gasteiger partial charge in [-0.15, -0.1) is 0 Å². The van der Waals surface area contributed by atoms with E-state index in [-0.39, 0.29) is 17.4 Å². The van der Waals surface area contributed by atoms with E-state index in [4.69, 9.17) is 0 Å². The molecule has 0 aliphatic heterocycles. The zero-order valence-corrected chi connectivity index (χ0v) is 11.7. The molecule has 0 spiro atoms. The van der Waals surface area contributed by atoms with Gasteiger partial charge in [0.1, 0.15) is 0 Å². The van der Waals surface area contributed by atoms with E-state index in [1.807, 2.05) is 0 Å². The number of rotatable bonds is 4. The zero-order chi connectivity index (χ0) is 14.3. The molecular formula is C14H24F3NO. The van der Waals surface area contributed by atoms with E-state index in [1.165, 1.54) is 4.90 Å². The molecule has 1 N–H and O–H groups in total. The van der Waals surface area contributed by atoms with Crippen molar-refractivity contribution in [1.82, 2.24) is 4.90 Å². The SMILES string of the molecule is CC1(C)CCC(O)C(CN(CC(F)(F)F)C2CC2)C1. The summed E-state index contributed by atoms with van der Waals surface area (Å²) in [5, 5.41) is 10.0. The minimum atomic E-state index is -4.14. The first-order valence-corrected chi connectivity index (χ1v) is 7.15. The van der Waals surface area contributed by atoms with Crippen LogP contribution in [0.15, 0.2) is 0 Å². The third kappa shape index (κ3) is 4.63. The van der Waals surface area contributed by atoms with E-state index in [2.05, 4.69) is 13.8 Å². The maximum atomic E-state index is 12.6. The average Bonchev–Trinajstić information content (AvgIpc) is 3.04. The molecule has 2 rings (SSSR count). The molecule has 2 nitrogen and oxygen atoms in total. The van der Waals surface area contributed by atoms with Crippen molar-refractivity contribution in [3.05, 3.63) is 0 Å². The molecule has 0 amide bonds. The lowest BCUT2D eigenvalue weighted by Crippen LogP contribution is -2.44. The summed E-state index contributed by atoms with van der Waals surface area (Å²) < 4.78 is 37.8. The molecule has 2 aliphatic carbocycles. The molecule has 0 aromatic carbocycles. The van der Waals surface area contributed by atoms with E-state index in [9.17, 15) is 18.3 Å². The summed E-state index contributed by atoms with van der Waals surface area (Å²) in [4.78, 5) is 1.54. The van der Waals surface area contributed by atoms with Crippen molar-refractivity contribution in [2.75, 3.05) is 13.1 Å². The smallest absolute Gasteiger partial charge is 0.393 e. The van der Waals surface area contributed by atoms with Crippen LogP contribution < -0.4 is 0 Å². The van der Waals surface area contributed by atoms with Crippen LogP contribution in [0.4, 0.5) is 13.2 Å². The van der Waals surface area contributed by atoms with Gasteiger partial charge in [0.2, 0.25) is 0 Å². The predicted octanol–water partition coefficient (Wildman–Crippen LogP) is 3.20. The number of alkyl halides is 3. The fourth-order valence-corrected chi connectivity index (χ4v) is 3.22. The van der Waals surface area contributed by atoms with Crippen molar-refractivity contribution >= 4 is 0 Å². The Bertz CT molecular complexity index is 310. The maximum absolute atomic E-state index is 12.6. The molecule has 2 fully saturated rings. The highest BCUT2D eigenvalue weighted by molar-refractivity contribution is 4.91. The second-order valence-corrected chi connectivity index (χ2v) is 7.01. The molecule has 0 bridgehead atoms. The minimum Gasteiger partial charge on any atom is -0.393 e. The van der Waals surface area contributed by atoms with Gasteiger partial charge in [-0.25, -0.2) is 0 Å². The lowest BCUT2D eigenvalue weighted by molar-refractivity contribution is -0.151. The van der Waals surface area contributed by atoms with Crippen LogP contribution in [0.1, 0.15) is 46.0 Å². The Labute approximate surface area is 113 Å². The Morgan fingerprint density at radius 2 is 1.84 bits per heavy atom. The van der Waals surface area contributed by atoms with Gasteiger partial charge in [0.05, 0.1) is 12.6 Å². The molecule has 2 atom stereocenters. The predicted molar refractivity (Wildman–Crippen MR) is 67.8 cm³/mol. The quantitative estimate of drug-likeness (QED) is 0.854. The van der Waals surface area contributed by atoms with Crippen molar-refractivity contribution in [2.24, 2.45) is 11.3 Å². The number of hydrogen-bond acceptors (Lipinski definition) is 2. The highest BCUT2D eigenvalue weighted by Gasteiger charge is 2.41. The standard InChI is InChI=1S/C14H24F3NO/c1-13(2)6-5-12(19)10(7-13)8-18(11-3-4-11)9-14(15,16)17/h10-12,19H,3-9H2,1-2H3. The lowest BCUT2D eigenvalue weighted by atomic mass is 9.70. The molecule has 2 unspecified atom stereocenters. The summed E-state index contributed by atoms with van der Waals surface area (Å²) in [6.45, 7) is 3.82. The van der Waals surface area contributed by atoms with Gasteiger partial charge in [-0.2, -0.15) is 13.2 Å². The molecule has 0 heterocycles. The molecule has 0 saturated heterocycles. The van der Waals surface area contributed by atoms with Crippen LogP contribution in [0, 0.1) is 11.3 Å². The van der Waals surface area contributed by atoms with Crippen LogP contribution in [0.25, 0.3) is 0 Å². The van der Waals surface area contributed by atoms with Crippen molar-refractivity contribution < 1.29 is 18.3 Å². The molecule has 2 aliphatic rings. The number of aliphatic hydroxyl groups excluding tert-OH is 1. The Kier molecular flexibility index (Phi) is 4.17. The molecule has 0 radical (unpaired) electrons. The zero-order valence-electron chi connectivity index (χ0n) is 11.7. The van der Waals surface area contributed by atoms with E-state index in [0.29, 0.717) is 13.0 Å². The third-order valence-corrected chi connectivity index (χ3v) is 4.39. The van der Waals surface area contributed by atoms with Crippen molar-refractivity contribution in [3.63, 3.8) is 0 Å². The minimum absolute atomic E-state index is 0.0216. The average molecular weight is 279 g/mol. The summed E-state index contributed by atoms with van der Waals surface area (Å²) in [5.41, 5.74) is 0.136. The largest absolute Gasteiger partial charge is 0.401 e. The lowest BCUT2D eigenvalue weighted by Gasteiger charge is -2.41. The maximum Gasteiger partial charge on any atom is 0.401 e. The Balaban J connectivity index is 1.95. The van der Waals surface area contributed by atoms with Crippen LogP contribution >= 0.6 is 0 Å². The van der Waals surface area contributed by atoms with Gasteiger partial charge < -0.3 is 5.11 Å². The fraction of sp³-hybridized carbons (Fsp3) is 1.00. The first kappa shape index (κ1) is 15.1. The van der Waals surface area contributed by atoms with Gasteiger partial charge in [-0.05, 0) is 43.4 Å². The third-order valence-electron chi connectivity index (χ3n) is 4.39. The second kappa shape index (κ2) is 5.24. The second-order valence-electron chi connectivity index (χ2n) is 7.01. The highest BCUT2D eigenvalue weighted by Crippen LogP contribution is 2.40. The number of halogens is 3. The Hall–Kier alpha value is -0.290. The summed E-state index contributed by atoms with van der Waals surface area (Å²) in [5.74, 6) is -0.0216. The normalized spacial score (nSPS) is 31.7. The Morgan fingerprint density at radius 1 is 1.21 bits per heavy atom. The highest BCUT2D eigenvalue weighted by atomic mass is 19.4. The number of aliphatic hydroxyl groups is 1. The van der Waals surface area contributed by atoms with Gasteiger partial charge in [-0.3, -0.25) is 4.90 Å². The van der Waals surface area contributed by atoms with E-state index in [1.54, 1.807) is 0 Å². The first-order valence-electron chi connectivity index (χ1n) is 7.15. The molecule has 5 heteroatoms. The fourth-order valence-electron chi connectivity index (χ4n) is 3.22. The van der Waals surface area contributed by atoms with Gasteiger partial charge in [0, 0.05) is 12.6 Å². The van der Waals surface area contributed by atoms with Crippen LogP contribution in [0.2, 0.25) is 0 Å². The van der Waals surface area contributed by atoms with E-state index < -0.39 is 18.8 Å². The van der Waals surface area contributed by atoms with Crippen LogP contribution in [-0.2, 0) is 0 Å². The van der Waals surface area contributed by atoms with Gasteiger partial charge in [0.25, 0.3) is 0 Å². The van der Waals surface area contributed by atoms with Gasteiger partial charge in [0.15, 0.2) is 0 Å².